The summed E-state index contributed by atoms with van der Waals surface area (Å²) in [7, 11) is -10.0. The third-order valence-electron chi connectivity index (χ3n) is 14.7. The lowest BCUT2D eigenvalue weighted by Gasteiger charge is -2.21. The zero-order valence-corrected chi connectivity index (χ0v) is 65.4. The number of carbonyl (C=O) groups is 4. The summed E-state index contributed by atoms with van der Waals surface area (Å²) < 4.78 is 68.3. The van der Waals surface area contributed by atoms with Crippen LogP contribution in [0.15, 0.2) is 207 Å². The summed E-state index contributed by atoms with van der Waals surface area (Å²) in [6.07, 6.45) is 92.8. The second kappa shape index (κ2) is 74.9. The lowest BCUT2D eigenvalue weighted by atomic mass is 10.1. The summed E-state index contributed by atoms with van der Waals surface area (Å²) in [5, 5.41) is 10.6. The number of phosphoric ester groups is 2. The highest BCUT2D eigenvalue weighted by molar-refractivity contribution is 7.47. The van der Waals surface area contributed by atoms with E-state index in [-0.39, 0.29) is 25.7 Å². The maximum atomic E-state index is 13.1. The van der Waals surface area contributed by atoms with Crippen molar-refractivity contribution in [3.63, 3.8) is 0 Å². The van der Waals surface area contributed by atoms with Gasteiger partial charge in [-0.1, -0.05) is 260 Å². The molecule has 0 bridgehead atoms. The number of allylic oxidation sites excluding steroid dienone is 34. The number of aliphatic hydroxyl groups is 1. The van der Waals surface area contributed by atoms with Crippen molar-refractivity contribution in [1.29, 1.82) is 0 Å². The largest absolute Gasteiger partial charge is 0.472 e. The lowest BCUT2D eigenvalue weighted by molar-refractivity contribution is -0.161. The van der Waals surface area contributed by atoms with Gasteiger partial charge in [-0.05, 0) is 167 Å². The molecule has 0 aromatic carbocycles. The first kappa shape index (κ1) is 97.6. The number of hydrogen-bond acceptors (Lipinski definition) is 15. The number of ether oxygens (including phenoxy) is 4. The van der Waals surface area contributed by atoms with Crippen LogP contribution in [-0.4, -0.2) is 96.7 Å². The molecule has 0 aromatic heterocycles. The molecule has 0 aliphatic heterocycles. The van der Waals surface area contributed by atoms with E-state index in [1.165, 1.54) is 0 Å². The molecule has 0 radical (unpaired) electrons. The van der Waals surface area contributed by atoms with Gasteiger partial charge in [-0.25, -0.2) is 9.13 Å². The molecule has 584 valence electrons. The van der Waals surface area contributed by atoms with Crippen LogP contribution in [0, 0.1) is 0 Å². The van der Waals surface area contributed by atoms with Crippen LogP contribution < -0.4 is 0 Å². The monoisotopic (exact) mass is 1490 g/mol. The third kappa shape index (κ3) is 73.9. The second-order valence-corrected chi connectivity index (χ2v) is 27.3. The molecule has 5 unspecified atom stereocenters. The predicted molar refractivity (Wildman–Crippen MR) is 426 cm³/mol. The Kier molecular flexibility index (Phi) is 70.3. The molecular weight excluding hydrogens is 1350 g/mol. The maximum Gasteiger partial charge on any atom is 0.472 e. The fourth-order valence-electron chi connectivity index (χ4n) is 9.01. The van der Waals surface area contributed by atoms with Crippen LogP contribution in [0.3, 0.4) is 0 Å². The summed E-state index contributed by atoms with van der Waals surface area (Å²) in [5.74, 6) is -2.43. The van der Waals surface area contributed by atoms with Crippen LogP contribution in [0.2, 0.25) is 0 Å². The van der Waals surface area contributed by atoms with Crippen molar-refractivity contribution in [3.8, 4) is 0 Å². The van der Waals surface area contributed by atoms with Crippen LogP contribution in [0.5, 0.6) is 0 Å². The van der Waals surface area contributed by atoms with Gasteiger partial charge in [0.25, 0.3) is 0 Å². The van der Waals surface area contributed by atoms with Crippen LogP contribution >= 0.6 is 15.6 Å². The molecule has 0 aliphatic carbocycles. The first-order chi connectivity index (χ1) is 50.7. The number of phosphoric acid groups is 2. The molecule has 0 spiro atoms. The minimum atomic E-state index is -5.02. The Hall–Kier alpha value is -6.36. The highest BCUT2D eigenvalue weighted by Gasteiger charge is 2.30. The number of unbranched alkanes of at least 4 members (excludes halogenated alkanes) is 9. The number of hydrogen-bond donors (Lipinski definition) is 3. The van der Waals surface area contributed by atoms with Gasteiger partial charge in [-0.15, -0.1) is 0 Å². The molecule has 17 nitrogen and oxygen atoms in total. The highest BCUT2D eigenvalue weighted by atomic mass is 31.2. The predicted octanol–water partition coefficient (Wildman–Crippen LogP) is 22.3. The molecule has 0 aromatic rings. The summed E-state index contributed by atoms with van der Waals surface area (Å²) in [4.78, 5) is 72.9. The quantitative estimate of drug-likeness (QED) is 0.0169. The third-order valence-corrected chi connectivity index (χ3v) is 16.6. The number of aliphatic hydroxyl groups excluding tert-OH is 1. The summed E-state index contributed by atoms with van der Waals surface area (Å²) in [6.45, 7) is 4.19. The van der Waals surface area contributed by atoms with Crippen LogP contribution in [0.25, 0.3) is 0 Å². The molecule has 0 saturated heterocycles. The van der Waals surface area contributed by atoms with Gasteiger partial charge in [0.2, 0.25) is 0 Å². The molecule has 5 atom stereocenters. The molecule has 104 heavy (non-hydrogen) atoms. The van der Waals surface area contributed by atoms with E-state index in [1.54, 1.807) is 0 Å². The fraction of sp³-hybridized carbons (Fsp3) is 0.553. The molecule has 0 amide bonds. The van der Waals surface area contributed by atoms with Gasteiger partial charge in [-0.2, -0.15) is 0 Å². The molecule has 0 aliphatic rings. The van der Waals surface area contributed by atoms with Gasteiger partial charge in [0.15, 0.2) is 12.2 Å². The van der Waals surface area contributed by atoms with Crippen molar-refractivity contribution in [2.75, 3.05) is 39.6 Å². The van der Waals surface area contributed by atoms with Gasteiger partial charge >= 0.3 is 39.5 Å². The zero-order chi connectivity index (χ0) is 76.0. The van der Waals surface area contributed by atoms with Gasteiger partial charge in [0, 0.05) is 25.7 Å². The summed E-state index contributed by atoms with van der Waals surface area (Å²) >= 11 is 0. The Morgan fingerprint density at radius 3 is 0.875 bits per heavy atom. The van der Waals surface area contributed by atoms with Gasteiger partial charge in [0.05, 0.1) is 26.4 Å². The Labute approximate surface area is 627 Å². The first-order valence-electron chi connectivity index (χ1n) is 38.3. The minimum Gasteiger partial charge on any atom is -0.462 e. The van der Waals surface area contributed by atoms with Crippen molar-refractivity contribution >= 4 is 39.5 Å². The van der Waals surface area contributed by atoms with E-state index in [4.69, 9.17) is 37.0 Å². The Morgan fingerprint density at radius 2 is 0.529 bits per heavy atom. The standard InChI is InChI=1S/C85H132O17P2/c1-5-9-13-17-21-25-29-33-36-38-39-41-44-47-50-54-58-62-66-70-83(88)95-75-80(101-84(89)71-67-63-59-55-51-45-32-28-24-20-16-12-8-4)77-99-103(91,92)97-73-79(86)74-98-104(93,94)100-78-81(102-85(90)72-68-64-60-56-52-48-42-35-31-27-23-19-15-11-7-3)76-96-82(87)69-65-61-57-53-49-46-43-40-37-34-30-26-22-18-14-10-6-2/h9-11,13-16,20-23,25-28,32-37,39,41-43,46-47,50,52-53,56-58,62,79-81,86H,5-8,12,17-19,24,29-31,38,40,44-45,48-49,51,54-55,59-61,63-78H2,1-4H3,(H,91,92)(H,93,94)/b13-9-,14-10-,15-11-,20-16-,25-21-,26-22-,27-23-,32-28-,36-33-,37-34-,41-39-,42-35-,46-43-,50-47-,56-52-,57-53-,62-58-. The van der Waals surface area contributed by atoms with E-state index in [1.807, 2.05) is 36.5 Å². The van der Waals surface area contributed by atoms with Crippen molar-refractivity contribution < 1.29 is 80.2 Å². The average molecular weight is 1490 g/mol. The van der Waals surface area contributed by atoms with Crippen molar-refractivity contribution in [3.05, 3.63) is 207 Å². The molecule has 0 fully saturated rings. The molecule has 0 rings (SSSR count). The van der Waals surface area contributed by atoms with Crippen LogP contribution in [0.4, 0.5) is 0 Å². The van der Waals surface area contributed by atoms with Gasteiger partial charge in [0.1, 0.15) is 19.3 Å². The number of esters is 4. The normalized spacial score (nSPS) is 15.0. The van der Waals surface area contributed by atoms with Crippen molar-refractivity contribution in [1.82, 2.24) is 0 Å². The number of rotatable bonds is 69. The number of carbonyl (C=O) groups excluding carboxylic acids is 4. The summed E-state index contributed by atoms with van der Waals surface area (Å²) in [6, 6.07) is 0. The van der Waals surface area contributed by atoms with Crippen molar-refractivity contribution in [2.24, 2.45) is 0 Å². The molecule has 0 saturated carbocycles. The molecule has 19 heteroatoms. The second-order valence-electron chi connectivity index (χ2n) is 24.4. The first-order valence-corrected chi connectivity index (χ1v) is 41.3. The molecule has 3 N–H and O–H groups in total. The SMILES string of the molecule is CC/C=C\C/C=C\C/C=C\C/C=C\C/C=C\C/C=C\CCC(=O)OCC(COP(=O)(O)OCC(O)COP(=O)(O)OCC(COC(=O)CCC/C=C\C/C=C\C/C=C\C/C=C\C/C=C\CC)OC(=O)CCCC/C=C\C/C=C\C/C=C\C/C=C\CC)OC(=O)CCCCCCC/C=C\C/C=C\CCC. The van der Waals surface area contributed by atoms with E-state index < -0.39 is 97.5 Å². The minimum absolute atomic E-state index is 0.0195. The zero-order valence-electron chi connectivity index (χ0n) is 63.6. The van der Waals surface area contributed by atoms with Gasteiger partial charge < -0.3 is 33.8 Å². The maximum absolute atomic E-state index is 13.1. The van der Waals surface area contributed by atoms with Crippen LogP contribution in [-0.2, 0) is 65.4 Å². The summed E-state index contributed by atoms with van der Waals surface area (Å²) in [5.41, 5.74) is 0. The Morgan fingerprint density at radius 1 is 0.279 bits per heavy atom. The highest BCUT2D eigenvalue weighted by Crippen LogP contribution is 2.45. The average Bonchev–Trinajstić information content (AvgIpc) is 0.939. The Bertz CT molecular complexity index is 2790. The van der Waals surface area contributed by atoms with E-state index in [0.717, 1.165) is 148 Å². The lowest BCUT2D eigenvalue weighted by Crippen LogP contribution is -2.30. The van der Waals surface area contributed by atoms with E-state index >= 15 is 0 Å². The topological polar surface area (TPSA) is 237 Å². The smallest absolute Gasteiger partial charge is 0.462 e. The fourth-order valence-corrected chi connectivity index (χ4v) is 10.6. The van der Waals surface area contributed by atoms with Crippen LogP contribution in [0.1, 0.15) is 246 Å². The van der Waals surface area contributed by atoms with E-state index in [2.05, 4.69) is 198 Å². The Balaban J connectivity index is 5.53. The molecule has 0 heterocycles. The van der Waals surface area contributed by atoms with Gasteiger partial charge in [-0.3, -0.25) is 37.3 Å². The van der Waals surface area contributed by atoms with E-state index in [9.17, 15) is 43.2 Å². The van der Waals surface area contributed by atoms with E-state index in [0.29, 0.717) is 44.9 Å². The van der Waals surface area contributed by atoms with Crippen molar-refractivity contribution in [2.45, 2.75) is 264 Å². The molecular formula is C85H132O17P2.